The SMILES string of the molecule is C=C1CCO[C@]12CC[C@H]1[C@@H]3CCC4=CC(=O)CCC4=C3[C@@H](c3ccc(P(C)(=O)OCC)cc3)C[C@@]12C. The summed E-state index contributed by atoms with van der Waals surface area (Å²) in [6.07, 6.45) is 9.82. The third-order valence-corrected chi connectivity index (χ3v) is 12.3. The van der Waals surface area contributed by atoms with Gasteiger partial charge in [-0.15, -0.1) is 0 Å². The van der Waals surface area contributed by atoms with Crippen molar-refractivity contribution in [1.29, 1.82) is 0 Å². The molecule has 1 aromatic rings. The Morgan fingerprint density at radius 2 is 1.92 bits per heavy atom. The van der Waals surface area contributed by atoms with E-state index in [4.69, 9.17) is 9.26 Å². The minimum absolute atomic E-state index is 0.0374. The van der Waals surface area contributed by atoms with Crippen LogP contribution in [0.5, 0.6) is 0 Å². The van der Waals surface area contributed by atoms with Crippen molar-refractivity contribution in [3.8, 4) is 0 Å². The third kappa shape index (κ3) is 3.47. The van der Waals surface area contributed by atoms with E-state index in [1.165, 1.54) is 28.7 Å². The second-order valence-corrected chi connectivity index (χ2v) is 14.4. The van der Waals surface area contributed by atoms with E-state index in [2.05, 4.69) is 25.6 Å². The molecular formula is C31H39O4P. The number of hydrogen-bond donors (Lipinski definition) is 0. The Hall–Kier alpha value is -1.74. The van der Waals surface area contributed by atoms with Gasteiger partial charge in [0.25, 0.3) is 0 Å². The number of hydrogen-bond acceptors (Lipinski definition) is 4. The van der Waals surface area contributed by atoms with Gasteiger partial charge in [0, 0.05) is 29.7 Å². The Balaban J connectivity index is 1.48. The Labute approximate surface area is 215 Å². The molecule has 0 amide bonds. The van der Waals surface area contributed by atoms with E-state index >= 15 is 0 Å². The minimum atomic E-state index is -2.82. The van der Waals surface area contributed by atoms with Crippen molar-refractivity contribution >= 4 is 18.5 Å². The van der Waals surface area contributed by atoms with Crippen LogP contribution in [-0.4, -0.2) is 31.3 Å². The van der Waals surface area contributed by atoms with Gasteiger partial charge in [0.2, 0.25) is 7.37 Å². The van der Waals surface area contributed by atoms with Crippen LogP contribution >= 0.6 is 7.37 Å². The maximum Gasteiger partial charge on any atom is 0.229 e. The molecule has 1 unspecified atom stereocenters. The van der Waals surface area contributed by atoms with Gasteiger partial charge < -0.3 is 9.26 Å². The van der Waals surface area contributed by atoms with E-state index in [1.807, 2.05) is 25.1 Å². The van der Waals surface area contributed by atoms with Crippen LogP contribution in [0.1, 0.15) is 76.7 Å². The predicted octanol–water partition coefficient (Wildman–Crippen LogP) is 6.87. The molecular weight excluding hydrogens is 467 g/mol. The molecule has 5 heteroatoms. The summed E-state index contributed by atoms with van der Waals surface area (Å²) in [5, 5.41) is 0.777. The molecule has 5 aliphatic rings. The van der Waals surface area contributed by atoms with Gasteiger partial charge in [0.15, 0.2) is 5.78 Å². The van der Waals surface area contributed by atoms with Crippen LogP contribution in [0.2, 0.25) is 0 Å². The lowest BCUT2D eigenvalue weighted by molar-refractivity contribution is -0.114. The Kier molecular flexibility index (Phi) is 5.91. The first-order valence-electron chi connectivity index (χ1n) is 13.8. The summed E-state index contributed by atoms with van der Waals surface area (Å²) in [6, 6.07) is 8.39. The zero-order valence-electron chi connectivity index (χ0n) is 22.0. The Morgan fingerprint density at radius 3 is 2.61 bits per heavy atom. The average molecular weight is 507 g/mol. The molecule has 1 saturated heterocycles. The first-order chi connectivity index (χ1) is 17.2. The van der Waals surface area contributed by atoms with Crippen molar-refractivity contribution in [2.75, 3.05) is 19.9 Å². The third-order valence-electron chi connectivity index (χ3n) is 10.3. The number of ketones is 1. The van der Waals surface area contributed by atoms with Gasteiger partial charge in [-0.25, -0.2) is 0 Å². The fourth-order valence-corrected chi connectivity index (χ4v) is 10.0. The Bertz CT molecular complexity index is 1220. The lowest BCUT2D eigenvalue weighted by Crippen LogP contribution is -2.52. The van der Waals surface area contributed by atoms with Crippen LogP contribution in [0, 0.1) is 17.3 Å². The Morgan fingerprint density at radius 1 is 1.14 bits per heavy atom. The minimum Gasteiger partial charge on any atom is -0.370 e. The topological polar surface area (TPSA) is 52.6 Å². The number of ether oxygens (including phenoxy) is 1. The monoisotopic (exact) mass is 506 g/mol. The second-order valence-electron chi connectivity index (χ2n) is 11.9. The number of carbonyl (C=O) groups excluding carboxylic acids is 1. The van der Waals surface area contributed by atoms with Crippen molar-refractivity contribution in [2.45, 2.75) is 76.7 Å². The molecule has 0 radical (unpaired) electrons. The number of benzene rings is 1. The lowest BCUT2D eigenvalue weighted by atomic mass is 9.50. The molecule has 1 heterocycles. The summed E-state index contributed by atoms with van der Waals surface area (Å²) in [5.74, 6) is 1.65. The molecule has 1 aliphatic heterocycles. The average Bonchev–Trinajstić information content (AvgIpc) is 3.38. The highest BCUT2D eigenvalue weighted by molar-refractivity contribution is 7.66. The summed E-state index contributed by atoms with van der Waals surface area (Å²) >= 11 is 0. The zero-order chi connectivity index (χ0) is 25.3. The van der Waals surface area contributed by atoms with E-state index in [1.54, 1.807) is 12.2 Å². The van der Waals surface area contributed by atoms with Gasteiger partial charge in [0.05, 0.1) is 18.8 Å². The summed E-state index contributed by atoms with van der Waals surface area (Å²) in [4.78, 5) is 12.3. The second kappa shape index (κ2) is 8.65. The molecule has 4 nitrogen and oxygen atoms in total. The number of fused-ring (bicyclic) bond motifs is 5. The number of allylic oxidation sites excluding steroid dienone is 4. The van der Waals surface area contributed by atoms with Crippen LogP contribution in [0.15, 0.2) is 59.2 Å². The van der Waals surface area contributed by atoms with Gasteiger partial charge in [-0.2, -0.15) is 0 Å². The van der Waals surface area contributed by atoms with E-state index < -0.39 is 7.37 Å². The molecule has 192 valence electrons. The van der Waals surface area contributed by atoms with E-state index in [0.29, 0.717) is 24.9 Å². The molecule has 6 atom stereocenters. The summed E-state index contributed by atoms with van der Waals surface area (Å²) in [5.41, 5.74) is 6.73. The fraction of sp³-hybridized carbons (Fsp3) is 0.581. The zero-order valence-corrected chi connectivity index (χ0v) is 22.9. The van der Waals surface area contributed by atoms with E-state index in [-0.39, 0.29) is 22.7 Å². The van der Waals surface area contributed by atoms with Crippen molar-refractivity contribution in [1.82, 2.24) is 0 Å². The molecule has 0 N–H and O–H groups in total. The van der Waals surface area contributed by atoms with E-state index in [9.17, 15) is 9.36 Å². The number of rotatable bonds is 4. The van der Waals surface area contributed by atoms with Gasteiger partial charge in [0.1, 0.15) is 0 Å². The predicted molar refractivity (Wildman–Crippen MR) is 144 cm³/mol. The molecule has 0 aromatic heterocycles. The lowest BCUT2D eigenvalue weighted by Gasteiger charge is -2.55. The first kappa shape index (κ1) is 24.6. The van der Waals surface area contributed by atoms with Crippen LogP contribution in [-0.2, 0) is 18.6 Å². The standard InChI is InChI=1S/C31H39O4P/c1-5-35-36(4,33)24-10-6-21(7-11-24)27-19-30(3)28(14-16-31(30)20(2)15-17-34-31)26-12-8-22-18-23(32)9-13-25(22)29(26)27/h6-7,10-11,18,26-28H,2,5,8-9,12-17,19H2,1,3-4H3/t26-,27+,28-,30-,31+,36?/m0/s1. The van der Waals surface area contributed by atoms with Crippen LogP contribution < -0.4 is 5.30 Å². The molecule has 3 fully saturated rings. The van der Waals surface area contributed by atoms with Crippen LogP contribution in [0.25, 0.3) is 0 Å². The molecule has 0 bridgehead atoms. The summed E-state index contributed by atoms with van der Waals surface area (Å²) in [7, 11) is -2.82. The molecule has 36 heavy (non-hydrogen) atoms. The van der Waals surface area contributed by atoms with Crippen LogP contribution in [0.3, 0.4) is 0 Å². The molecule has 4 aliphatic carbocycles. The first-order valence-corrected chi connectivity index (χ1v) is 15.9. The maximum absolute atomic E-state index is 13.1. The van der Waals surface area contributed by atoms with Crippen molar-refractivity contribution in [3.63, 3.8) is 0 Å². The normalized spacial score (nSPS) is 37.4. The smallest absolute Gasteiger partial charge is 0.229 e. The molecule has 2 saturated carbocycles. The van der Waals surface area contributed by atoms with Crippen LogP contribution in [0.4, 0.5) is 0 Å². The highest BCUT2D eigenvalue weighted by Crippen LogP contribution is 2.70. The van der Waals surface area contributed by atoms with E-state index in [0.717, 1.165) is 50.4 Å². The quantitative estimate of drug-likeness (QED) is 0.330. The van der Waals surface area contributed by atoms with Gasteiger partial charge in [-0.3, -0.25) is 9.36 Å². The fourth-order valence-electron chi connectivity index (χ4n) is 8.72. The number of carbonyl (C=O) groups is 1. The summed E-state index contributed by atoms with van der Waals surface area (Å²) in [6.45, 7) is 11.8. The van der Waals surface area contributed by atoms with Gasteiger partial charge in [-0.05, 0) is 104 Å². The summed E-state index contributed by atoms with van der Waals surface area (Å²) < 4.78 is 25.3. The van der Waals surface area contributed by atoms with Crippen molar-refractivity contribution in [2.24, 2.45) is 17.3 Å². The largest absolute Gasteiger partial charge is 0.370 e. The highest BCUT2D eigenvalue weighted by Gasteiger charge is 2.65. The molecule has 1 aromatic carbocycles. The highest BCUT2D eigenvalue weighted by atomic mass is 31.2. The molecule has 6 rings (SSSR count). The van der Waals surface area contributed by atoms with Gasteiger partial charge in [-0.1, -0.05) is 31.2 Å². The molecule has 1 spiro atoms. The van der Waals surface area contributed by atoms with Crippen molar-refractivity contribution < 1.29 is 18.6 Å². The van der Waals surface area contributed by atoms with Crippen molar-refractivity contribution in [3.05, 3.63) is 64.8 Å². The van der Waals surface area contributed by atoms with Gasteiger partial charge >= 0.3 is 0 Å². The maximum atomic E-state index is 13.1.